The van der Waals surface area contributed by atoms with Crippen molar-refractivity contribution in [3.8, 4) is 65.5 Å². The molecule has 302 valence electrons. The number of fused-ring (bicyclic) bond motifs is 7. The molecule has 3 heteroatoms. The highest BCUT2D eigenvalue weighted by molar-refractivity contribution is 7.20. The zero-order valence-electron chi connectivity index (χ0n) is 69.4. The molecule has 2 nitrogen and oxygen atoms in total. The van der Waals surface area contributed by atoms with Crippen LogP contribution in [0.15, 0.2) is 230 Å². The number of rotatable bonds is 6. The fourth-order valence-electron chi connectivity index (χ4n) is 7.60. The zero-order valence-corrected chi connectivity index (χ0v) is 33.2. The normalized spacial score (nSPS) is 19.7. The summed E-state index contributed by atoms with van der Waals surface area (Å²) in [4.78, 5) is 7.05. The zero-order chi connectivity index (χ0) is 75.0. The Morgan fingerprint density at radius 3 is 1.48 bits per heavy atom. The highest BCUT2D eigenvalue weighted by Crippen LogP contribution is 2.55. The third kappa shape index (κ3) is 6.16. The van der Waals surface area contributed by atoms with E-state index in [1.54, 1.807) is 0 Å². The average Bonchev–Trinajstić information content (AvgIpc) is 1.34. The predicted octanol–water partition coefficient (Wildman–Crippen LogP) is 17.5. The Bertz CT molecular complexity index is 6200. The number of hydrogen-bond donors (Lipinski definition) is 0. The van der Waals surface area contributed by atoms with E-state index in [2.05, 4.69) is 9.97 Å². The molecule has 0 aliphatic carbocycles. The SMILES string of the molecule is [2H]c1cnc2c(c1[2H])c([2H])c([2H])c1c([2H])c([2H])c(-c3c([2H])c([2H])c(-c4c([2H])c([2H])c([2H])c(-c5sc(-c6c([2H])c([2H])c([2H])c7c([2H])c([2H])c([2H])c([2H])c67)c(-c6c([2H])c([2H])c([2H])c7c([2H])c([2H])c([2H])c([2H])c67)c5-c5c([2H])c([2H])c([2H])c6c([2H])c([2H])c([2H])c([2H])c56)c4[2H])c4c([2H])c([2H])c([2H])c([2H])c34)nc12. The number of pyridine rings is 2. The van der Waals surface area contributed by atoms with Crippen molar-refractivity contribution in [2.24, 2.45) is 0 Å². The van der Waals surface area contributed by atoms with Crippen LogP contribution in [0.3, 0.4) is 0 Å². The van der Waals surface area contributed by atoms with Gasteiger partial charge in [0.2, 0.25) is 0 Å². The summed E-state index contributed by atoms with van der Waals surface area (Å²) in [6, 6.07) is -38.5. The van der Waals surface area contributed by atoms with Gasteiger partial charge in [0.05, 0.1) is 67.4 Å². The van der Waals surface area contributed by atoms with E-state index in [1.165, 1.54) is 0 Å². The first-order valence-corrected chi connectivity index (χ1v) is 19.9. The van der Waals surface area contributed by atoms with Crippen molar-refractivity contribution < 1.29 is 50.7 Å². The summed E-state index contributed by atoms with van der Waals surface area (Å²) in [5, 5.41) is -7.54. The Morgan fingerprint density at radius 1 is 0.323 bits per heavy atom. The van der Waals surface area contributed by atoms with E-state index in [0.717, 1.165) is 6.20 Å². The van der Waals surface area contributed by atoms with Crippen LogP contribution in [-0.4, -0.2) is 9.97 Å². The molecule has 0 aliphatic rings. The first-order valence-electron chi connectivity index (χ1n) is 37.6. The maximum absolute atomic E-state index is 10.5. The number of aromatic nitrogens is 2. The van der Waals surface area contributed by atoms with Crippen LogP contribution in [0.4, 0.5) is 0 Å². The lowest BCUT2D eigenvalue weighted by atomic mass is 9.86. The maximum atomic E-state index is 10.5. The molecule has 0 saturated carbocycles. The standard InChI is InChI=1S/C62H38N2S/c1-4-23-46-39(14-1)17-10-28-53(46)57-58(54-29-11-18-40-15-2-5-24-47(40)54)62(55-30-12-19-41-16-3-6-25-48(41)55)65-61(57)45-21-9-20-44(38-45)49-34-35-52(51-27-8-7-26-50(49)51)56-36-33-43-32-31-42-22-13-37-63-59(42)60(43)64-56/h1-38H/i1D,2D,3D,4D,5D,6D,7D,8D,9D,10D,11D,12D,13D,14D,15D,16D,17D,18D,19D,20D,21D,22D,23D,24D,25D,26D,27D,28D,29D,30D,31D,32D,33D,34D,35D,36D,38D. The molecule has 3 heterocycles. The Kier molecular flexibility index (Phi) is 3.70. The monoisotopic (exact) mass is 880 g/mol. The summed E-state index contributed by atoms with van der Waals surface area (Å²) in [5.74, 6) is 0. The van der Waals surface area contributed by atoms with Crippen LogP contribution in [-0.2, 0) is 0 Å². The third-order valence-corrected chi connectivity index (χ3v) is 11.6. The molecule has 0 unspecified atom stereocenters. The predicted molar refractivity (Wildman–Crippen MR) is 278 cm³/mol. The van der Waals surface area contributed by atoms with Crippen molar-refractivity contribution in [2.75, 3.05) is 0 Å². The summed E-state index contributed by atoms with van der Waals surface area (Å²) in [7, 11) is 0. The van der Waals surface area contributed by atoms with Crippen LogP contribution in [0.2, 0.25) is 0 Å². The van der Waals surface area contributed by atoms with Gasteiger partial charge in [-0.05, 0) is 89.0 Å². The number of thiophene rings is 1. The van der Waals surface area contributed by atoms with Crippen LogP contribution in [0.1, 0.15) is 50.7 Å². The molecule has 13 rings (SSSR count). The molecule has 0 bridgehead atoms. The van der Waals surface area contributed by atoms with E-state index in [-0.39, 0.29) is 16.9 Å². The van der Waals surface area contributed by atoms with Crippen molar-refractivity contribution in [1.29, 1.82) is 0 Å². The second-order valence-electron chi connectivity index (χ2n) is 13.9. The molecule has 0 amide bonds. The first-order chi connectivity index (χ1) is 47.6. The van der Waals surface area contributed by atoms with Crippen molar-refractivity contribution in [3.05, 3.63) is 230 Å². The van der Waals surface area contributed by atoms with E-state index in [0.29, 0.717) is 0 Å². The molecular formula is C62H38N2S. The van der Waals surface area contributed by atoms with Crippen molar-refractivity contribution in [2.45, 2.75) is 0 Å². The largest absolute Gasteiger partial charge is 0.254 e. The summed E-state index contributed by atoms with van der Waals surface area (Å²) < 4.78 is 345. The van der Waals surface area contributed by atoms with Crippen LogP contribution >= 0.6 is 11.3 Å². The molecule has 0 spiro atoms. The van der Waals surface area contributed by atoms with Crippen LogP contribution in [0.5, 0.6) is 0 Å². The highest BCUT2D eigenvalue weighted by Gasteiger charge is 2.27. The van der Waals surface area contributed by atoms with Crippen molar-refractivity contribution >= 4 is 76.2 Å². The van der Waals surface area contributed by atoms with Crippen molar-refractivity contribution in [1.82, 2.24) is 9.97 Å². The molecule has 65 heavy (non-hydrogen) atoms. The van der Waals surface area contributed by atoms with E-state index >= 15 is 0 Å². The molecule has 0 saturated heterocycles. The second-order valence-corrected chi connectivity index (χ2v) is 15.0. The van der Waals surface area contributed by atoms with Gasteiger partial charge in [-0.2, -0.15) is 0 Å². The molecule has 3 aromatic heterocycles. The summed E-state index contributed by atoms with van der Waals surface area (Å²) in [5.41, 5.74) is -10.2. The highest BCUT2D eigenvalue weighted by atomic mass is 32.1. The van der Waals surface area contributed by atoms with Crippen LogP contribution in [0.25, 0.3) is 130 Å². The van der Waals surface area contributed by atoms with Gasteiger partial charge in [0.15, 0.2) is 0 Å². The van der Waals surface area contributed by atoms with E-state index < -0.39 is 348 Å². The Labute approximate surface area is 432 Å². The summed E-state index contributed by atoms with van der Waals surface area (Å²) >= 11 is 0.141. The van der Waals surface area contributed by atoms with Crippen LogP contribution in [0, 0.1) is 0 Å². The summed E-state index contributed by atoms with van der Waals surface area (Å²) in [6.07, 6.45) is 0.901. The number of nitrogens with zero attached hydrogens (tertiary/aromatic N) is 2. The van der Waals surface area contributed by atoms with Gasteiger partial charge in [-0.15, -0.1) is 11.3 Å². The average molecular weight is 880 g/mol. The minimum absolute atomic E-state index is 0.141. The molecule has 0 N–H and O–H groups in total. The second kappa shape index (κ2) is 15.2. The molecule has 0 radical (unpaired) electrons. The Hall–Kier alpha value is -8.24. The lowest BCUT2D eigenvalue weighted by Gasteiger charge is -2.16. The van der Waals surface area contributed by atoms with Gasteiger partial charge in [-0.1, -0.05) is 205 Å². The molecule has 0 aliphatic heterocycles. The summed E-state index contributed by atoms with van der Waals surface area (Å²) in [6.45, 7) is 0. The van der Waals surface area contributed by atoms with Gasteiger partial charge in [-0.3, -0.25) is 4.98 Å². The number of benzene rings is 10. The smallest absolute Gasteiger partial charge is 0.0972 e. The van der Waals surface area contributed by atoms with Crippen LogP contribution < -0.4 is 0 Å². The van der Waals surface area contributed by atoms with Gasteiger partial charge in [-0.25, -0.2) is 4.98 Å². The maximum Gasteiger partial charge on any atom is 0.0972 e. The van der Waals surface area contributed by atoms with Gasteiger partial charge in [0.1, 0.15) is 0 Å². The molecular weight excluding hydrogens is 805 g/mol. The van der Waals surface area contributed by atoms with Gasteiger partial charge >= 0.3 is 0 Å². The lowest BCUT2D eigenvalue weighted by molar-refractivity contribution is 1.37. The van der Waals surface area contributed by atoms with Gasteiger partial charge < -0.3 is 0 Å². The van der Waals surface area contributed by atoms with E-state index in [9.17, 15) is 31.5 Å². The van der Waals surface area contributed by atoms with E-state index in [4.69, 9.17) is 19.2 Å². The minimum Gasteiger partial charge on any atom is -0.254 e. The Balaban J connectivity index is 1.32. The van der Waals surface area contributed by atoms with Gasteiger partial charge in [0, 0.05) is 49.0 Å². The molecule has 0 fully saturated rings. The topological polar surface area (TPSA) is 25.8 Å². The molecule has 0 atom stereocenters. The fourth-order valence-corrected chi connectivity index (χ4v) is 8.88. The first kappa shape index (κ1) is 15.8. The van der Waals surface area contributed by atoms with Gasteiger partial charge in [0.25, 0.3) is 0 Å². The molecule has 13 aromatic rings. The van der Waals surface area contributed by atoms with Crippen molar-refractivity contribution in [3.63, 3.8) is 0 Å². The minimum atomic E-state index is -1.27. The van der Waals surface area contributed by atoms with E-state index in [1.807, 2.05) is 0 Å². The Morgan fingerprint density at radius 2 is 0.800 bits per heavy atom. The lowest BCUT2D eigenvalue weighted by Crippen LogP contribution is -1.91. The molecule has 10 aromatic carbocycles. The quantitative estimate of drug-likeness (QED) is 0.156. The number of hydrogen-bond acceptors (Lipinski definition) is 3. The fraction of sp³-hybridized carbons (Fsp3) is 0. The third-order valence-electron chi connectivity index (χ3n) is 10.4.